The molecule has 0 unspecified atom stereocenters. The van der Waals surface area contributed by atoms with Gasteiger partial charge in [0.1, 0.15) is 6.73 Å². The van der Waals surface area contributed by atoms with Crippen LogP contribution >= 0.6 is 11.6 Å². The number of carboxylic acid groups (broad SMARTS) is 1. The summed E-state index contributed by atoms with van der Waals surface area (Å²) in [6.45, 7) is 7.99. The molecule has 0 amide bonds. The molecule has 1 aromatic carbocycles. The van der Waals surface area contributed by atoms with Gasteiger partial charge in [-0.15, -0.1) is 0 Å². The summed E-state index contributed by atoms with van der Waals surface area (Å²) >= 11 is 6.04. The molecule has 1 heterocycles. The molecule has 0 spiro atoms. The van der Waals surface area contributed by atoms with Gasteiger partial charge in [0, 0.05) is 31.3 Å². The molecule has 0 aliphatic carbocycles. The van der Waals surface area contributed by atoms with Gasteiger partial charge in [0.05, 0.1) is 11.9 Å². The lowest BCUT2D eigenvalue weighted by atomic mass is 10.1. The van der Waals surface area contributed by atoms with Crippen molar-refractivity contribution in [1.29, 1.82) is 0 Å². The molecule has 22 heavy (non-hydrogen) atoms. The van der Waals surface area contributed by atoms with Gasteiger partial charge in [-0.1, -0.05) is 31.2 Å². The third-order valence-corrected chi connectivity index (χ3v) is 5.18. The second kappa shape index (κ2) is 6.81. The van der Waals surface area contributed by atoms with Crippen molar-refractivity contribution in [2.45, 2.75) is 38.8 Å². The number of rotatable bonds is 7. The van der Waals surface area contributed by atoms with Gasteiger partial charge in [0.25, 0.3) is 0 Å². The molecule has 2 aromatic rings. The van der Waals surface area contributed by atoms with Gasteiger partial charge in [-0.25, -0.2) is 4.68 Å². The fraction of sp³-hybridized carbons (Fsp3) is 0.467. The van der Waals surface area contributed by atoms with Crippen LogP contribution in [0.3, 0.4) is 0 Å². The Morgan fingerprint density at radius 1 is 1.41 bits per heavy atom. The normalized spacial score (nSPS) is 12.0. The first kappa shape index (κ1) is 17.0. The van der Waals surface area contributed by atoms with Gasteiger partial charge in [0.15, 0.2) is 0 Å². The Kier molecular flexibility index (Phi) is 5.26. The average molecular weight is 341 g/mol. The van der Waals surface area contributed by atoms with Crippen LogP contribution in [0, 0.1) is 0 Å². The Bertz CT molecular complexity index is 679. The van der Waals surface area contributed by atoms with Gasteiger partial charge in [0.2, 0.25) is 0 Å². The Hall–Kier alpha value is -1.37. The first-order chi connectivity index (χ1) is 10.2. The van der Waals surface area contributed by atoms with E-state index in [1.54, 1.807) is 16.8 Å². The fourth-order valence-electron chi connectivity index (χ4n) is 2.12. The number of halogens is 1. The molecule has 0 bridgehead atoms. The molecular weight excluding hydrogens is 320 g/mol. The maximum atomic E-state index is 10.9. The standard InChI is InChI=1S/C15H21ClN2O3Si/c1-22(2,3)5-4-21-10-18-9-12-7-13(16)6-11(8-14(19)20)15(12)17-18/h6-7,9H,4-5,8,10H2,1-3H3,(H,19,20). The van der Waals surface area contributed by atoms with Crippen molar-refractivity contribution in [2.75, 3.05) is 6.61 Å². The second-order valence-electron chi connectivity index (χ2n) is 6.59. The van der Waals surface area contributed by atoms with E-state index in [0.29, 0.717) is 29.4 Å². The van der Waals surface area contributed by atoms with Crippen LogP contribution in [-0.4, -0.2) is 35.5 Å². The van der Waals surface area contributed by atoms with E-state index in [9.17, 15) is 4.79 Å². The molecule has 7 heteroatoms. The molecular formula is C15H21ClN2O3Si. The lowest BCUT2D eigenvalue weighted by Crippen LogP contribution is -2.22. The highest BCUT2D eigenvalue weighted by atomic mass is 35.5. The summed E-state index contributed by atoms with van der Waals surface area (Å²) in [6.07, 6.45) is 1.74. The maximum Gasteiger partial charge on any atom is 0.307 e. The van der Waals surface area contributed by atoms with Crippen molar-refractivity contribution < 1.29 is 14.6 Å². The maximum absolute atomic E-state index is 10.9. The lowest BCUT2D eigenvalue weighted by molar-refractivity contribution is -0.136. The zero-order valence-corrected chi connectivity index (χ0v) is 14.9. The summed E-state index contributed by atoms with van der Waals surface area (Å²) in [5.41, 5.74) is 1.29. The van der Waals surface area contributed by atoms with E-state index in [2.05, 4.69) is 24.7 Å². The fourth-order valence-corrected chi connectivity index (χ4v) is 3.12. The van der Waals surface area contributed by atoms with Gasteiger partial charge in [-0.2, -0.15) is 5.10 Å². The molecule has 0 fully saturated rings. The van der Waals surface area contributed by atoms with Crippen LogP contribution in [0.2, 0.25) is 30.7 Å². The highest BCUT2D eigenvalue weighted by molar-refractivity contribution is 6.76. The Balaban J connectivity index is 2.11. The molecule has 120 valence electrons. The van der Waals surface area contributed by atoms with Crippen molar-refractivity contribution >= 4 is 36.5 Å². The van der Waals surface area contributed by atoms with Gasteiger partial charge >= 0.3 is 5.97 Å². The first-order valence-electron chi connectivity index (χ1n) is 7.20. The molecule has 0 aliphatic heterocycles. The number of ether oxygens (including phenoxy) is 1. The van der Waals surface area contributed by atoms with Crippen LogP contribution < -0.4 is 0 Å². The third kappa shape index (κ3) is 4.83. The molecule has 0 atom stereocenters. The second-order valence-corrected chi connectivity index (χ2v) is 12.6. The smallest absolute Gasteiger partial charge is 0.307 e. The number of hydrogen-bond acceptors (Lipinski definition) is 3. The summed E-state index contributed by atoms with van der Waals surface area (Å²) in [7, 11) is -1.10. The quantitative estimate of drug-likeness (QED) is 0.617. The van der Waals surface area contributed by atoms with Crippen LogP contribution in [0.25, 0.3) is 10.9 Å². The average Bonchev–Trinajstić information content (AvgIpc) is 2.75. The molecule has 0 saturated carbocycles. The zero-order chi connectivity index (χ0) is 16.3. The van der Waals surface area contributed by atoms with Crippen molar-refractivity contribution in [3.8, 4) is 0 Å². The van der Waals surface area contributed by atoms with Gasteiger partial charge < -0.3 is 9.84 Å². The van der Waals surface area contributed by atoms with E-state index in [0.717, 1.165) is 11.4 Å². The number of nitrogens with zero attached hydrogens (tertiary/aromatic N) is 2. The Labute approximate surface area is 135 Å². The van der Waals surface area contributed by atoms with Gasteiger partial charge in [-0.3, -0.25) is 4.79 Å². The zero-order valence-electron chi connectivity index (χ0n) is 13.1. The topological polar surface area (TPSA) is 64.3 Å². The Morgan fingerprint density at radius 3 is 2.77 bits per heavy atom. The number of carboxylic acids is 1. The molecule has 0 saturated heterocycles. The number of fused-ring (bicyclic) bond motifs is 1. The predicted octanol–water partition coefficient (Wildman–Crippen LogP) is 3.63. The van der Waals surface area contributed by atoms with E-state index in [1.165, 1.54) is 0 Å². The van der Waals surface area contributed by atoms with Crippen LogP contribution in [-0.2, 0) is 22.7 Å². The summed E-state index contributed by atoms with van der Waals surface area (Å²) in [6, 6.07) is 4.54. The molecule has 1 N–H and O–H groups in total. The minimum atomic E-state index is -1.10. The predicted molar refractivity (Wildman–Crippen MR) is 90.2 cm³/mol. The van der Waals surface area contributed by atoms with Crippen molar-refractivity contribution in [3.05, 3.63) is 28.9 Å². The molecule has 5 nitrogen and oxygen atoms in total. The van der Waals surface area contributed by atoms with E-state index < -0.39 is 14.0 Å². The minimum Gasteiger partial charge on any atom is -0.481 e. The monoisotopic (exact) mass is 340 g/mol. The Morgan fingerprint density at radius 2 is 2.14 bits per heavy atom. The van der Waals surface area contributed by atoms with Crippen LogP contribution in [0.4, 0.5) is 0 Å². The summed E-state index contributed by atoms with van der Waals surface area (Å²) in [4.78, 5) is 10.9. The number of aliphatic carboxylic acids is 1. The van der Waals surface area contributed by atoms with E-state index in [4.69, 9.17) is 21.4 Å². The lowest BCUT2D eigenvalue weighted by Gasteiger charge is -2.15. The first-order valence-corrected chi connectivity index (χ1v) is 11.3. The van der Waals surface area contributed by atoms with Gasteiger partial charge in [-0.05, 0) is 23.7 Å². The van der Waals surface area contributed by atoms with Crippen LogP contribution in [0.1, 0.15) is 5.56 Å². The number of carbonyl (C=O) groups is 1. The molecule has 1 aromatic heterocycles. The summed E-state index contributed by atoms with van der Waals surface area (Å²) < 4.78 is 7.35. The highest BCUT2D eigenvalue weighted by Crippen LogP contribution is 2.23. The SMILES string of the molecule is C[Si](C)(C)CCOCn1cc2cc(Cl)cc(CC(=O)O)c2n1. The minimum absolute atomic E-state index is 0.0927. The summed E-state index contributed by atoms with van der Waals surface area (Å²) in [5.74, 6) is -0.899. The van der Waals surface area contributed by atoms with E-state index >= 15 is 0 Å². The van der Waals surface area contributed by atoms with E-state index in [-0.39, 0.29) is 6.42 Å². The summed E-state index contributed by atoms with van der Waals surface area (Å²) in [5, 5.41) is 14.7. The van der Waals surface area contributed by atoms with Crippen molar-refractivity contribution in [3.63, 3.8) is 0 Å². The highest BCUT2D eigenvalue weighted by Gasteiger charge is 2.13. The largest absolute Gasteiger partial charge is 0.481 e. The molecule has 0 radical (unpaired) electrons. The number of benzene rings is 1. The van der Waals surface area contributed by atoms with E-state index in [1.807, 2.05) is 6.20 Å². The van der Waals surface area contributed by atoms with Crippen LogP contribution in [0.15, 0.2) is 18.3 Å². The van der Waals surface area contributed by atoms with Crippen molar-refractivity contribution in [2.24, 2.45) is 0 Å². The molecule has 0 aliphatic rings. The molecule has 2 rings (SSSR count). The van der Waals surface area contributed by atoms with Crippen LogP contribution in [0.5, 0.6) is 0 Å². The van der Waals surface area contributed by atoms with Crippen molar-refractivity contribution in [1.82, 2.24) is 9.78 Å². The number of hydrogen-bond donors (Lipinski definition) is 1. The third-order valence-electron chi connectivity index (χ3n) is 3.26. The number of aromatic nitrogens is 2.